The van der Waals surface area contributed by atoms with Crippen molar-refractivity contribution in [2.45, 2.75) is 6.04 Å². The maximum atomic E-state index is 11.1. The van der Waals surface area contributed by atoms with Crippen molar-refractivity contribution in [2.24, 2.45) is 16.6 Å². The Bertz CT molecular complexity index is 214. The topological polar surface area (TPSA) is 109 Å². The van der Waals surface area contributed by atoms with Gasteiger partial charge in [0.2, 0.25) is 5.96 Å². The summed E-state index contributed by atoms with van der Waals surface area (Å²) in [6.45, 7) is 0.501. The van der Waals surface area contributed by atoms with E-state index in [4.69, 9.17) is 11.6 Å². The first-order valence-electron chi connectivity index (χ1n) is 3.45. The molecule has 68 valence electrons. The van der Waals surface area contributed by atoms with Crippen molar-refractivity contribution in [1.29, 1.82) is 0 Å². The molecular formula is C5H12N6O. The zero-order valence-corrected chi connectivity index (χ0v) is 6.74. The highest BCUT2D eigenvalue weighted by Gasteiger charge is 2.27. The van der Waals surface area contributed by atoms with Gasteiger partial charge in [-0.1, -0.05) is 0 Å². The van der Waals surface area contributed by atoms with E-state index in [1.165, 1.54) is 0 Å². The monoisotopic (exact) mass is 172 g/mol. The number of rotatable bonds is 1. The summed E-state index contributed by atoms with van der Waals surface area (Å²) in [7, 11) is 1.75. The number of nitrogens with one attached hydrogen (secondary N) is 2. The molecule has 0 aromatic rings. The van der Waals surface area contributed by atoms with E-state index < -0.39 is 6.04 Å². The molecular weight excluding hydrogens is 160 g/mol. The molecule has 0 aliphatic carbocycles. The number of carbonyl (C=O) groups is 1. The summed E-state index contributed by atoms with van der Waals surface area (Å²) in [6.07, 6.45) is 0. The molecule has 1 unspecified atom stereocenters. The fourth-order valence-electron chi connectivity index (χ4n) is 0.955. The fourth-order valence-corrected chi connectivity index (χ4v) is 0.955. The molecule has 6 N–H and O–H groups in total. The Morgan fingerprint density at radius 2 is 2.58 bits per heavy atom. The summed E-state index contributed by atoms with van der Waals surface area (Å²) in [5, 5.41) is 1.64. The van der Waals surface area contributed by atoms with Crippen LogP contribution in [0.1, 0.15) is 0 Å². The summed E-state index contributed by atoms with van der Waals surface area (Å²) < 4.78 is 0. The number of aliphatic imine (C=N–C) groups is 1. The van der Waals surface area contributed by atoms with E-state index in [1.54, 1.807) is 12.1 Å². The molecule has 12 heavy (non-hydrogen) atoms. The zero-order valence-electron chi connectivity index (χ0n) is 6.74. The minimum absolute atomic E-state index is 0.0606. The molecule has 0 saturated carbocycles. The third-order valence-electron chi connectivity index (χ3n) is 1.49. The third-order valence-corrected chi connectivity index (χ3v) is 1.49. The largest absolute Gasteiger partial charge is 0.369 e. The molecule has 0 radical (unpaired) electrons. The summed E-state index contributed by atoms with van der Waals surface area (Å²) >= 11 is 0. The van der Waals surface area contributed by atoms with Crippen LogP contribution in [0.25, 0.3) is 0 Å². The molecule has 1 heterocycles. The first-order valence-corrected chi connectivity index (χ1v) is 3.45. The maximum absolute atomic E-state index is 11.1. The van der Waals surface area contributed by atoms with Crippen LogP contribution in [0, 0.1) is 0 Å². The van der Waals surface area contributed by atoms with Gasteiger partial charge < -0.3 is 5.73 Å². The van der Waals surface area contributed by atoms with Gasteiger partial charge in [0, 0.05) is 13.6 Å². The van der Waals surface area contributed by atoms with Crippen LogP contribution in [-0.4, -0.2) is 36.5 Å². The lowest BCUT2D eigenvalue weighted by Gasteiger charge is -2.03. The molecule has 1 aliphatic heterocycles. The standard InChI is InChI=1S/C5H12N6O/c1-11-2-3(4(12)10-11)8-5(6)9-7/h3H,2,7H2,1H3,(H,10,12)(H3,6,8,9). The smallest absolute Gasteiger partial charge is 0.260 e. The Kier molecular flexibility index (Phi) is 2.46. The average molecular weight is 172 g/mol. The predicted octanol–water partition coefficient (Wildman–Crippen LogP) is -2.89. The number of hydrazine groups is 2. The zero-order chi connectivity index (χ0) is 9.14. The molecule has 0 aromatic carbocycles. The molecule has 0 spiro atoms. The number of nitrogens with zero attached hydrogens (tertiary/aromatic N) is 2. The average Bonchev–Trinajstić information content (AvgIpc) is 2.30. The number of likely N-dealkylation sites (N-methyl/N-ethyl adjacent to an activating group) is 1. The number of amides is 1. The highest BCUT2D eigenvalue weighted by atomic mass is 16.2. The molecule has 0 aromatic heterocycles. The van der Waals surface area contributed by atoms with Gasteiger partial charge in [-0.2, -0.15) is 0 Å². The van der Waals surface area contributed by atoms with E-state index in [2.05, 4.69) is 15.8 Å². The molecule has 7 nitrogen and oxygen atoms in total. The van der Waals surface area contributed by atoms with Crippen LogP contribution in [0.15, 0.2) is 4.99 Å². The van der Waals surface area contributed by atoms with Crippen molar-refractivity contribution in [3.05, 3.63) is 0 Å². The lowest BCUT2D eigenvalue weighted by Crippen LogP contribution is -2.39. The van der Waals surface area contributed by atoms with Crippen molar-refractivity contribution in [2.75, 3.05) is 13.6 Å². The first-order chi connectivity index (χ1) is 5.63. The van der Waals surface area contributed by atoms with Crippen LogP contribution >= 0.6 is 0 Å². The number of hydrogen-bond acceptors (Lipinski definition) is 4. The van der Waals surface area contributed by atoms with Crippen molar-refractivity contribution in [3.63, 3.8) is 0 Å². The number of nitrogens with two attached hydrogens (primary N) is 2. The van der Waals surface area contributed by atoms with Crippen LogP contribution in [0.4, 0.5) is 0 Å². The minimum Gasteiger partial charge on any atom is -0.369 e. The van der Waals surface area contributed by atoms with Crippen molar-refractivity contribution >= 4 is 11.9 Å². The Balaban J connectivity index is 2.59. The number of guanidine groups is 1. The molecule has 1 amide bonds. The Hall–Kier alpha value is -1.34. The van der Waals surface area contributed by atoms with Crippen LogP contribution < -0.4 is 22.4 Å². The van der Waals surface area contributed by atoms with E-state index in [9.17, 15) is 4.79 Å². The second-order valence-electron chi connectivity index (χ2n) is 2.53. The fraction of sp³-hybridized carbons (Fsp3) is 0.600. The third kappa shape index (κ3) is 1.83. The SMILES string of the molecule is CN1CC(N=C(N)NN)C(=O)N1. The molecule has 1 atom stereocenters. The van der Waals surface area contributed by atoms with Gasteiger partial charge in [0.1, 0.15) is 6.04 Å². The summed E-state index contributed by atoms with van der Waals surface area (Å²) in [6, 6.07) is -0.467. The lowest BCUT2D eigenvalue weighted by molar-refractivity contribution is -0.121. The van der Waals surface area contributed by atoms with Gasteiger partial charge in [-0.15, -0.1) is 0 Å². The predicted molar refractivity (Wildman–Crippen MR) is 43.5 cm³/mol. The van der Waals surface area contributed by atoms with Crippen molar-refractivity contribution in [1.82, 2.24) is 15.9 Å². The maximum Gasteiger partial charge on any atom is 0.260 e. The molecule has 1 aliphatic rings. The van der Waals surface area contributed by atoms with Gasteiger partial charge in [-0.3, -0.25) is 15.6 Å². The van der Waals surface area contributed by atoms with Crippen LogP contribution in [-0.2, 0) is 4.79 Å². The quantitative estimate of drug-likeness (QED) is 0.147. The van der Waals surface area contributed by atoms with Gasteiger partial charge in [0.05, 0.1) is 0 Å². The van der Waals surface area contributed by atoms with E-state index in [0.717, 1.165) is 0 Å². The Morgan fingerprint density at radius 1 is 1.92 bits per heavy atom. The normalized spacial score (nSPS) is 25.7. The van der Waals surface area contributed by atoms with Gasteiger partial charge in [-0.05, 0) is 0 Å². The van der Waals surface area contributed by atoms with E-state index in [1.807, 2.05) is 0 Å². The highest BCUT2D eigenvalue weighted by Crippen LogP contribution is 2.00. The van der Waals surface area contributed by atoms with E-state index in [0.29, 0.717) is 6.54 Å². The molecule has 1 saturated heterocycles. The summed E-state index contributed by atoms with van der Waals surface area (Å²) in [5.74, 6) is 4.87. The lowest BCUT2D eigenvalue weighted by atomic mass is 10.3. The second-order valence-corrected chi connectivity index (χ2v) is 2.53. The number of carbonyl (C=O) groups excluding carboxylic acids is 1. The van der Waals surface area contributed by atoms with Gasteiger partial charge >= 0.3 is 0 Å². The molecule has 7 heteroatoms. The molecule has 1 fully saturated rings. The van der Waals surface area contributed by atoms with Crippen molar-refractivity contribution in [3.8, 4) is 0 Å². The van der Waals surface area contributed by atoms with Crippen LogP contribution in [0.3, 0.4) is 0 Å². The van der Waals surface area contributed by atoms with Gasteiger partial charge in [-0.25, -0.2) is 15.8 Å². The first kappa shape index (κ1) is 8.75. The van der Waals surface area contributed by atoms with Crippen LogP contribution in [0.2, 0.25) is 0 Å². The Labute approximate surface area is 69.7 Å². The Morgan fingerprint density at radius 3 is 3.00 bits per heavy atom. The summed E-state index contributed by atoms with van der Waals surface area (Å²) in [5.41, 5.74) is 9.99. The van der Waals surface area contributed by atoms with E-state index >= 15 is 0 Å². The van der Waals surface area contributed by atoms with Crippen molar-refractivity contribution < 1.29 is 4.79 Å². The molecule has 0 bridgehead atoms. The second kappa shape index (κ2) is 3.37. The minimum atomic E-state index is -0.467. The molecule has 1 rings (SSSR count). The van der Waals surface area contributed by atoms with E-state index in [-0.39, 0.29) is 11.9 Å². The number of hydrogen-bond donors (Lipinski definition) is 4. The highest BCUT2D eigenvalue weighted by molar-refractivity contribution is 5.87. The van der Waals surface area contributed by atoms with Gasteiger partial charge in [0.25, 0.3) is 5.91 Å². The van der Waals surface area contributed by atoms with Crippen LogP contribution in [0.5, 0.6) is 0 Å². The summed E-state index contributed by atoms with van der Waals surface area (Å²) in [4.78, 5) is 14.9. The van der Waals surface area contributed by atoms with Gasteiger partial charge in [0.15, 0.2) is 0 Å².